The van der Waals surface area contributed by atoms with Crippen molar-refractivity contribution in [3.05, 3.63) is 35.0 Å². The highest BCUT2D eigenvalue weighted by Gasteiger charge is 2.29. The standard InChI is InChI=1S/C15H18ClNO2/c1-15(7-4-8-18-15)10-17-9-12-11-5-2-3-6-13(11)19-14(12)16/h2-3,5-6,17H,4,7-10H2,1H3. The number of para-hydroxylation sites is 1. The van der Waals surface area contributed by atoms with Crippen LogP contribution in [-0.2, 0) is 11.3 Å². The highest BCUT2D eigenvalue weighted by atomic mass is 35.5. The molecule has 0 bridgehead atoms. The van der Waals surface area contributed by atoms with Crippen molar-refractivity contribution in [3.63, 3.8) is 0 Å². The molecule has 19 heavy (non-hydrogen) atoms. The van der Waals surface area contributed by atoms with Gasteiger partial charge in [0.1, 0.15) is 5.58 Å². The van der Waals surface area contributed by atoms with Gasteiger partial charge in [0.25, 0.3) is 0 Å². The molecular formula is C15H18ClNO2. The van der Waals surface area contributed by atoms with Crippen molar-refractivity contribution >= 4 is 22.6 Å². The van der Waals surface area contributed by atoms with Crippen molar-refractivity contribution in [1.82, 2.24) is 5.32 Å². The van der Waals surface area contributed by atoms with Crippen molar-refractivity contribution in [2.75, 3.05) is 13.2 Å². The molecule has 1 aliphatic rings. The summed E-state index contributed by atoms with van der Waals surface area (Å²) in [6.07, 6.45) is 2.26. The van der Waals surface area contributed by atoms with E-state index in [2.05, 4.69) is 12.2 Å². The van der Waals surface area contributed by atoms with Crippen molar-refractivity contribution in [3.8, 4) is 0 Å². The van der Waals surface area contributed by atoms with Crippen LogP contribution in [-0.4, -0.2) is 18.8 Å². The highest BCUT2D eigenvalue weighted by Crippen LogP contribution is 2.30. The number of furan rings is 1. The molecule has 0 radical (unpaired) electrons. The molecule has 1 N–H and O–H groups in total. The van der Waals surface area contributed by atoms with Crippen molar-refractivity contribution in [1.29, 1.82) is 0 Å². The van der Waals surface area contributed by atoms with Gasteiger partial charge in [0.2, 0.25) is 0 Å². The molecule has 0 saturated carbocycles. The van der Waals surface area contributed by atoms with E-state index in [1.165, 1.54) is 0 Å². The first kappa shape index (κ1) is 13.0. The lowest BCUT2D eigenvalue weighted by Crippen LogP contribution is -2.36. The van der Waals surface area contributed by atoms with E-state index in [1.54, 1.807) is 0 Å². The Morgan fingerprint density at radius 3 is 3.00 bits per heavy atom. The van der Waals surface area contributed by atoms with Gasteiger partial charge in [0, 0.05) is 30.6 Å². The fourth-order valence-electron chi connectivity index (χ4n) is 2.66. The van der Waals surface area contributed by atoms with Gasteiger partial charge in [0.15, 0.2) is 5.22 Å². The van der Waals surface area contributed by atoms with Crippen LogP contribution in [0.3, 0.4) is 0 Å². The van der Waals surface area contributed by atoms with Gasteiger partial charge in [-0.1, -0.05) is 18.2 Å². The molecule has 3 nitrogen and oxygen atoms in total. The second-order valence-electron chi connectivity index (χ2n) is 5.36. The van der Waals surface area contributed by atoms with Gasteiger partial charge < -0.3 is 14.5 Å². The largest absolute Gasteiger partial charge is 0.444 e. The monoisotopic (exact) mass is 279 g/mol. The predicted octanol–water partition coefficient (Wildman–Crippen LogP) is 3.74. The van der Waals surface area contributed by atoms with Crippen molar-refractivity contribution in [2.45, 2.75) is 31.9 Å². The summed E-state index contributed by atoms with van der Waals surface area (Å²) in [6.45, 7) is 4.56. The number of fused-ring (bicyclic) bond motifs is 1. The maximum atomic E-state index is 6.16. The van der Waals surface area contributed by atoms with Gasteiger partial charge in [-0.2, -0.15) is 0 Å². The lowest BCUT2D eigenvalue weighted by Gasteiger charge is -2.23. The maximum Gasteiger partial charge on any atom is 0.199 e. The Balaban J connectivity index is 1.70. The summed E-state index contributed by atoms with van der Waals surface area (Å²) in [5, 5.41) is 4.99. The summed E-state index contributed by atoms with van der Waals surface area (Å²) in [5.74, 6) is 0. The summed E-state index contributed by atoms with van der Waals surface area (Å²) < 4.78 is 11.3. The summed E-state index contributed by atoms with van der Waals surface area (Å²) in [6, 6.07) is 7.92. The molecular weight excluding hydrogens is 262 g/mol. The first-order valence-electron chi connectivity index (χ1n) is 6.69. The number of rotatable bonds is 4. The summed E-state index contributed by atoms with van der Waals surface area (Å²) in [5.41, 5.74) is 1.83. The second kappa shape index (κ2) is 5.16. The average Bonchev–Trinajstić information content (AvgIpc) is 2.95. The lowest BCUT2D eigenvalue weighted by molar-refractivity contribution is 0.0207. The van der Waals surface area contributed by atoms with E-state index in [4.69, 9.17) is 20.8 Å². The van der Waals surface area contributed by atoms with Gasteiger partial charge in [-0.3, -0.25) is 0 Å². The Kier molecular flexibility index (Phi) is 3.52. The molecule has 1 aromatic heterocycles. The van der Waals surface area contributed by atoms with E-state index in [0.717, 1.165) is 42.5 Å². The first-order chi connectivity index (χ1) is 9.18. The molecule has 1 saturated heterocycles. The van der Waals surface area contributed by atoms with Crippen LogP contribution in [0.4, 0.5) is 0 Å². The molecule has 1 unspecified atom stereocenters. The molecule has 0 amide bonds. The van der Waals surface area contributed by atoms with Crippen molar-refractivity contribution < 1.29 is 9.15 Å². The number of ether oxygens (including phenoxy) is 1. The third kappa shape index (κ3) is 2.64. The fourth-order valence-corrected chi connectivity index (χ4v) is 2.91. The molecule has 3 rings (SSSR count). The molecule has 0 aliphatic carbocycles. The van der Waals surface area contributed by atoms with Crippen LogP contribution in [0.2, 0.25) is 5.22 Å². The van der Waals surface area contributed by atoms with Crippen LogP contribution in [0.5, 0.6) is 0 Å². The molecule has 1 aliphatic heterocycles. The topological polar surface area (TPSA) is 34.4 Å². The van der Waals surface area contributed by atoms with Gasteiger partial charge in [-0.05, 0) is 37.4 Å². The number of benzene rings is 1. The van der Waals surface area contributed by atoms with E-state index in [9.17, 15) is 0 Å². The first-order valence-corrected chi connectivity index (χ1v) is 7.06. The summed E-state index contributed by atoms with van der Waals surface area (Å²) in [7, 11) is 0. The molecule has 4 heteroatoms. The van der Waals surface area contributed by atoms with E-state index >= 15 is 0 Å². The molecule has 102 valence electrons. The molecule has 1 fully saturated rings. The van der Waals surface area contributed by atoms with Crippen LogP contribution >= 0.6 is 11.6 Å². The Morgan fingerprint density at radius 1 is 1.37 bits per heavy atom. The van der Waals surface area contributed by atoms with E-state index in [-0.39, 0.29) is 5.60 Å². The Morgan fingerprint density at radius 2 is 2.21 bits per heavy atom. The van der Waals surface area contributed by atoms with Crippen molar-refractivity contribution in [2.24, 2.45) is 0 Å². The van der Waals surface area contributed by atoms with Crippen LogP contribution in [0.1, 0.15) is 25.3 Å². The number of hydrogen-bond donors (Lipinski definition) is 1. The van der Waals surface area contributed by atoms with Gasteiger partial charge >= 0.3 is 0 Å². The van der Waals surface area contributed by atoms with Crippen LogP contribution < -0.4 is 5.32 Å². The third-order valence-electron chi connectivity index (χ3n) is 3.75. The average molecular weight is 280 g/mol. The third-order valence-corrected chi connectivity index (χ3v) is 4.06. The Bertz CT molecular complexity index is 573. The number of nitrogens with one attached hydrogen (secondary N) is 1. The summed E-state index contributed by atoms with van der Waals surface area (Å²) in [4.78, 5) is 0. The molecule has 2 heterocycles. The SMILES string of the molecule is CC1(CNCc2c(Cl)oc3ccccc23)CCCO1. The minimum Gasteiger partial charge on any atom is -0.444 e. The Labute approximate surface area is 117 Å². The molecule has 0 spiro atoms. The van der Waals surface area contributed by atoms with Crippen LogP contribution in [0, 0.1) is 0 Å². The van der Waals surface area contributed by atoms with E-state index in [1.807, 2.05) is 24.3 Å². The minimum atomic E-state index is -0.0357. The minimum absolute atomic E-state index is 0.0357. The molecule has 1 atom stereocenters. The van der Waals surface area contributed by atoms with E-state index in [0.29, 0.717) is 11.8 Å². The van der Waals surface area contributed by atoms with Gasteiger partial charge in [0.05, 0.1) is 5.60 Å². The Hall–Kier alpha value is -1.03. The number of hydrogen-bond acceptors (Lipinski definition) is 3. The molecule has 2 aromatic rings. The highest BCUT2D eigenvalue weighted by molar-refractivity contribution is 6.30. The zero-order chi connectivity index (χ0) is 13.3. The van der Waals surface area contributed by atoms with Gasteiger partial charge in [-0.25, -0.2) is 0 Å². The summed E-state index contributed by atoms with van der Waals surface area (Å²) >= 11 is 6.16. The van der Waals surface area contributed by atoms with Crippen LogP contribution in [0.25, 0.3) is 11.0 Å². The van der Waals surface area contributed by atoms with E-state index < -0.39 is 0 Å². The smallest absolute Gasteiger partial charge is 0.199 e. The number of halogens is 1. The zero-order valence-electron chi connectivity index (χ0n) is 11.0. The predicted molar refractivity (Wildman–Crippen MR) is 76.5 cm³/mol. The normalized spacial score (nSPS) is 23.3. The van der Waals surface area contributed by atoms with Gasteiger partial charge in [-0.15, -0.1) is 0 Å². The fraction of sp³-hybridized carbons (Fsp3) is 0.467. The lowest BCUT2D eigenvalue weighted by atomic mass is 10.0. The second-order valence-corrected chi connectivity index (χ2v) is 5.70. The maximum absolute atomic E-state index is 6.16. The quantitative estimate of drug-likeness (QED) is 0.926. The molecule has 1 aromatic carbocycles. The zero-order valence-corrected chi connectivity index (χ0v) is 11.8. The van der Waals surface area contributed by atoms with Crippen LogP contribution in [0.15, 0.2) is 28.7 Å².